The van der Waals surface area contributed by atoms with Crippen LogP contribution in [0.4, 0.5) is 0 Å². The van der Waals surface area contributed by atoms with Gasteiger partial charge in [-0.1, -0.05) is 33.3 Å². The largest absolute Gasteiger partial charge is 0.465 e. The summed E-state index contributed by atoms with van der Waals surface area (Å²) < 4.78 is 5.62. The number of carbonyl (C=O) groups excluding carboxylic acids is 3. The first kappa shape index (κ1) is 18.2. The molecule has 142 valence electrons. The zero-order chi connectivity index (χ0) is 18.9. The minimum Gasteiger partial charge on any atom is -0.465 e. The number of fused-ring (bicyclic) bond motifs is 3. The van der Waals surface area contributed by atoms with Crippen LogP contribution in [0, 0.1) is 34.5 Å². The lowest BCUT2D eigenvalue weighted by atomic mass is 9.38. The highest BCUT2D eigenvalue weighted by Crippen LogP contribution is 2.68. The van der Waals surface area contributed by atoms with Crippen LogP contribution in [0.5, 0.6) is 0 Å². The number of ketones is 2. The number of rotatable bonds is 3. The molecule has 4 aliphatic carbocycles. The molecule has 1 spiro atoms. The SMILES string of the molecule is C=C1C(=O)[C@]23CC[C@H]1CC2C1(CCCC)C(=O)OCC(C)C1[C@H](Cl)C3=O. The summed E-state index contributed by atoms with van der Waals surface area (Å²) in [6.45, 7) is 8.39. The molecule has 4 unspecified atom stereocenters. The van der Waals surface area contributed by atoms with Crippen LogP contribution in [0.15, 0.2) is 12.2 Å². The number of ether oxygens (including phenoxy) is 1. The van der Waals surface area contributed by atoms with Crippen LogP contribution < -0.4 is 0 Å². The number of unbranched alkanes of at least 4 members (excludes halogenated alkanes) is 1. The lowest BCUT2D eigenvalue weighted by Crippen LogP contribution is -2.72. The van der Waals surface area contributed by atoms with Gasteiger partial charge in [-0.15, -0.1) is 11.6 Å². The van der Waals surface area contributed by atoms with Gasteiger partial charge in [-0.2, -0.15) is 0 Å². The molecule has 26 heavy (non-hydrogen) atoms. The van der Waals surface area contributed by atoms with Crippen LogP contribution in [0.25, 0.3) is 0 Å². The third-order valence-corrected chi connectivity index (χ3v) is 8.30. The Morgan fingerprint density at radius 2 is 2.04 bits per heavy atom. The zero-order valence-corrected chi connectivity index (χ0v) is 16.3. The molecule has 5 aliphatic rings. The lowest BCUT2D eigenvalue weighted by molar-refractivity contribution is -0.207. The lowest BCUT2D eigenvalue weighted by Gasteiger charge is -2.64. The minimum atomic E-state index is -1.15. The summed E-state index contributed by atoms with van der Waals surface area (Å²) in [4.78, 5) is 40.0. The topological polar surface area (TPSA) is 60.4 Å². The van der Waals surface area contributed by atoms with E-state index >= 15 is 0 Å². The summed E-state index contributed by atoms with van der Waals surface area (Å²) in [5, 5.41) is -0.808. The van der Waals surface area contributed by atoms with E-state index in [4.69, 9.17) is 16.3 Å². The van der Waals surface area contributed by atoms with Crippen molar-refractivity contribution in [3.8, 4) is 0 Å². The van der Waals surface area contributed by atoms with E-state index in [2.05, 4.69) is 13.5 Å². The second-order valence-corrected chi connectivity index (χ2v) is 9.33. The Labute approximate surface area is 159 Å². The first-order chi connectivity index (χ1) is 12.3. The Hall–Kier alpha value is -1.16. The Morgan fingerprint density at radius 1 is 1.31 bits per heavy atom. The molecule has 5 rings (SSSR count). The van der Waals surface area contributed by atoms with E-state index in [9.17, 15) is 14.4 Å². The summed E-state index contributed by atoms with van der Waals surface area (Å²) in [6.07, 6.45) is 4.43. The molecule has 1 heterocycles. The van der Waals surface area contributed by atoms with Gasteiger partial charge in [-0.05, 0) is 49.0 Å². The number of hydrogen-bond donors (Lipinski definition) is 0. The van der Waals surface area contributed by atoms with Gasteiger partial charge in [0.05, 0.1) is 22.8 Å². The molecule has 1 aliphatic heterocycles. The normalized spacial score (nSPS) is 47.4. The second-order valence-electron chi connectivity index (χ2n) is 8.86. The van der Waals surface area contributed by atoms with E-state index in [1.54, 1.807) is 0 Å². The van der Waals surface area contributed by atoms with E-state index in [0.717, 1.165) is 19.3 Å². The number of carbonyl (C=O) groups is 3. The Bertz CT molecular complexity index is 700. The van der Waals surface area contributed by atoms with Gasteiger partial charge in [0.2, 0.25) is 0 Å². The number of halogens is 1. The van der Waals surface area contributed by atoms with Gasteiger partial charge in [0, 0.05) is 5.92 Å². The molecule has 4 saturated carbocycles. The smallest absolute Gasteiger partial charge is 0.312 e. The van der Waals surface area contributed by atoms with Gasteiger partial charge in [0.25, 0.3) is 0 Å². The molecule has 2 bridgehead atoms. The van der Waals surface area contributed by atoms with Crippen molar-refractivity contribution in [1.82, 2.24) is 0 Å². The van der Waals surface area contributed by atoms with E-state index in [0.29, 0.717) is 31.4 Å². The van der Waals surface area contributed by atoms with E-state index in [1.165, 1.54) is 0 Å². The fourth-order valence-corrected chi connectivity index (χ4v) is 7.30. The summed E-state index contributed by atoms with van der Waals surface area (Å²) in [7, 11) is 0. The number of alkyl halides is 1. The summed E-state index contributed by atoms with van der Waals surface area (Å²) >= 11 is 6.75. The van der Waals surface area contributed by atoms with Crippen molar-refractivity contribution in [3.05, 3.63) is 12.2 Å². The Balaban J connectivity index is 1.93. The van der Waals surface area contributed by atoms with Gasteiger partial charge >= 0.3 is 5.97 Å². The predicted molar refractivity (Wildman–Crippen MR) is 97.6 cm³/mol. The van der Waals surface area contributed by atoms with Crippen LogP contribution in [0.3, 0.4) is 0 Å². The van der Waals surface area contributed by atoms with Crippen molar-refractivity contribution < 1.29 is 19.1 Å². The maximum Gasteiger partial charge on any atom is 0.312 e. The number of esters is 1. The number of hydrogen-bond acceptors (Lipinski definition) is 4. The molecule has 0 radical (unpaired) electrons. The molecule has 0 aromatic carbocycles. The summed E-state index contributed by atoms with van der Waals surface area (Å²) in [5.41, 5.74) is -1.41. The van der Waals surface area contributed by atoms with Crippen molar-refractivity contribution in [2.45, 2.75) is 57.7 Å². The van der Waals surface area contributed by atoms with Gasteiger partial charge < -0.3 is 4.74 Å². The van der Waals surface area contributed by atoms with Gasteiger partial charge in [-0.3, -0.25) is 14.4 Å². The standard InChI is InChI=1S/C21H27ClO4/c1-4-5-7-20-14-9-13-6-8-21(14,17(23)12(13)3)18(24)16(22)15(20)11(2)10-26-19(20)25/h11,13-16H,3-10H2,1-2H3/t11?,13-,14?,15?,16-,20?,21-/m0/s1. The fraction of sp³-hybridized carbons (Fsp3) is 0.762. The fourth-order valence-electron chi connectivity index (χ4n) is 6.63. The monoisotopic (exact) mass is 378 g/mol. The van der Waals surface area contributed by atoms with Crippen LogP contribution >= 0.6 is 11.6 Å². The number of Topliss-reactive ketones (excluding diaryl/α,β-unsaturated/α-hetero) is 2. The Morgan fingerprint density at radius 3 is 2.73 bits per heavy atom. The van der Waals surface area contributed by atoms with Crippen LogP contribution in [-0.4, -0.2) is 29.5 Å². The second kappa shape index (κ2) is 5.92. The maximum atomic E-state index is 13.5. The molecular formula is C21H27ClO4. The highest BCUT2D eigenvalue weighted by molar-refractivity contribution is 6.36. The molecule has 0 N–H and O–H groups in total. The third kappa shape index (κ3) is 1.95. The van der Waals surface area contributed by atoms with Crippen LogP contribution in [-0.2, 0) is 19.1 Å². The molecule has 0 amide bonds. The van der Waals surface area contributed by atoms with Gasteiger partial charge in [0.1, 0.15) is 0 Å². The highest BCUT2D eigenvalue weighted by Gasteiger charge is 2.75. The van der Waals surface area contributed by atoms with Gasteiger partial charge in [-0.25, -0.2) is 0 Å². The average Bonchev–Trinajstić information content (AvgIpc) is 2.64. The van der Waals surface area contributed by atoms with Crippen molar-refractivity contribution in [3.63, 3.8) is 0 Å². The molecule has 5 heteroatoms. The molecular weight excluding hydrogens is 352 g/mol. The first-order valence-electron chi connectivity index (χ1n) is 9.91. The molecule has 0 aromatic rings. The molecule has 7 atom stereocenters. The first-order valence-corrected chi connectivity index (χ1v) is 10.3. The Kier molecular flexibility index (Phi) is 4.15. The number of allylic oxidation sites excluding steroid dienone is 1. The van der Waals surface area contributed by atoms with E-state index < -0.39 is 16.2 Å². The predicted octanol–water partition coefficient (Wildman–Crippen LogP) is 3.70. The summed E-state index contributed by atoms with van der Waals surface area (Å²) in [6, 6.07) is 0. The van der Waals surface area contributed by atoms with Crippen molar-refractivity contribution >= 4 is 29.1 Å². The highest BCUT2D eigenvalue weighted by atomic mass is 35.5. The van der Waals surface area contributed by atoms with E-state index in [1.807, 2.05) is 6.92 Å². The molecule has 0 aromatic heterocycles. The minimum absolute atomic E-state index is 0.0205. The molecule has 4 nitrogen and oxygen atoms in total. The van der Waals surface area contributed by atoms with Crippen molar-refractivity contribution in [2.24, 2.45) is 34.5 Å². The zero-order valence-electron chi connectivity index (χ0n) is 15.6. The van der Waals surface area contributed by atoms with Crippen LogP contribution in [0.1, 0.15) is 52.4 Å². The summed E-state index contributed by atoms with van der Waals surface area (Å²) in [5.74, 6) is -0.984. The van der Waals surface area contributed by atoms with Crippen LogP contribution in [0.2, 0.25) is 0 Å². The van der Waals surface area contributed by atoms with E-state index in [-0.39, 0.29) is 41.2 Å². The quantitative estimate of drug-likeness (QED) is 0.325. The van der Waals surface area contributed by atoms with Crippen molar-refractivity contribution in [2.75, 3.05) is 6.61 Å². The third-order valence-electron chi connectivity index (χ3n) is 7.83. The van der Waals surface area contributed by atoms with Crippen molar-refractivity contribution in [1.29, 1.82) is 0 Å². The average molecular weight is 379 g/mol. The molecule has 5 fully saturated rings. The van der Waals surface area contributed by atoms with Gasteiger partial charge in [0.15, 0.2) is 11.6 Å². The maximum absolute atomic E-state index is 13.5. The molecule has 1 saturated heterocycles. The number of cyclic esters (lactones) is 1.